The Hall–Kier alpha value is -3.56. The Bertz CT molecular complexity index is 1370. The van der Waals surface area contributed by atoms with E-state index in [1.807, 2.05) is 47.5 Å². The number of rotatable bonds is 6. The van der Waals surface area contributed by atoms with E-state index < -0.39 is 0 Å². The van der Waals surface area contributed by atoms with Gasteiger partial charge in [-0.2, -0.15) is 4.98 Å². The highest BCUT2D eigenvalue weighted by molar-refractivity contribution is 7.80. The standard InChI is InChI=1S/C25H21FN4O2S2/c1-15-21(24-28-23(29-32-24)17-7-3-8-18(26)12-17)22(16-6-4-9-19(13-16)31-2)27-25(33)30(15)14-20-10-5-11-34-20/h3-13,22H,14H2,1-2H3,(H,27,33). The van der Waals surface area contributed by atoms with Gasteiger partial charge in [-0.3, -0.25) is 0 Å². The van der Waals surface area contributed by atoms with E-state index in [2.05, 4.69) is 21.5 Å². The van der Waals surface area contributed by atoms with Crippen LogP contribution in [0.2, 0.25) is 0 Å². The second-order valence-electron chi connectivity index (χ2n) is 7.76. The predicted octanol–water partition coefficient (Wildman–Crippen LogP) is 5.81. The molecule has 34 heavy (non-hydrogen) atoms. The normalized spacial score (nSPS) is 16.0. The van der Waals surface area contributed by atoms with Crippen LogP contribution < -0.4 is 10.1 Å². The summed E-state index contributed by atoms with van der Waals surface area (Å²) in [5.41, 5.74) is 3.19. The lowest BCUT2D eigenvalue weighted by Gasteiger charge is -2.37. The third-order valence-electron chi connectivity index (χ3n) is 5.66. The molecule has 0 saturated heterocycles. The molecule has 5 rings (SSSR count). The summed E-state index contributed by atoms with van der Waals surface area (Å²) < 4.78 is 24.9. The molecule has 4 aromatic rings. The molecule has 1 aliphatic rings. The van der Waals surface area contributed by atoms with Crippen molar-refractivity contribution in [3.05, 3.63) is 93.9 Å². The predicted molar refractivity (Wildman–Crippen MR) is 134 cm³/mol. The first-order chi connectivity index (χ1) is 16.5. The number of nitrogens with zero attached hydrogens (tertiary/aromatic N) is 3. The summed E-state index contributed by atoms with van der Waals surface area (Å²) in [4.78, 5) is 7.83. The summed E-state index contributed by atoms with van der Waals surface area (Å²) in [6, 6.07) is 17.6. The van der Waals surface area contributed by atoms with Crippen LogP contribution in [-0.4, -0.2) is 27.3 Å². The molecule has 0 aliphatic carbocycles. The Balaban J connectivity index is 1.61. The fraction of sp³-hybridized carbons (Fsp3) is 0.160. The molecule has 1 N–H and O–H groups in total. The van der Waals surface area contributed by atoms with Gasteiger partial charge in [-0.1, -0.05) is 35.5 Å². The van der Waals surface area contributed by atoms with Gasteiger partial charge in [0, 0.05) is 16.1 Å². The minimum atomic E-state index is -0.361. The summed E-state index contributed by atoms with van der Waals surface area (Å²) in [5, 5.41) is 10.2. The first-order valence-electron chi connectivity index (χ1n) is 10.6. The van der Waals surface area contributed by atoms with Gasteiger partial charge in [0.1, 0.15) is 11.6 Å². The lowest BCUT2D eigenvalue weighted by molar-refractivity contribution is 0.395. The molecular weight excluding hydrogens is 471 g/mol. The number of thiocarbonyl (C=S) groups is 1. The van der Waals surface area contributed by atoms with E-state index in [9.17, 15) is 4.39 Å². The zero-order chi connectivity index (χ0) is 23.7. The summed E-state index contributed by atoms with van der Waals surface area (Å²) >= 11 is 7.43. The highest BCUT2D eigenvalue weighted by atomic mass is 32.1. The lowest BCUT2D eigenvalue weighted by Crippen LogP contribution is -2.45. The number of nitrogens with one attached hydrogen (secondary N) is 1. The third-order valence-corrected chi connectivity index (χ3v) is 6.86. The van der Waals surface area contributed by atoms with Crippen molar-refractivity contribution in [1.29, 1.82) is 0 Å². The summed E-state index contributed by atoms with van der Waals surface area (Å²) in [6.07, 6.45) is 0. The number of methoxy groups -OCH3 is 1. The van der Waals surface area contributed by atoms with E-state index in [1.165, 1.54) is 17.0 Å². The van der Waals surface area contributed by atoms with Crippen molar-refractivity contribution in [2.24, 2.45) is 0 Å². The molecule has 1 unspecified atom stereocenters. The minimum Gasteiger partial charge on any atom is -0.497 e. The topological polar surface area (TPSA) is 63.4 Å². The number of thiophene rings is 1. The van der Waals surface area contributed by atoms with Crippen LogP contribution in [0.25, 0.3) is 17.0 Å². The molecule has 2 aromatic heterocycles. The maximum atomic E-state index is 13.8. The van der Waals surface area contributed by atoms with Crippen molar-refractivity contribution in [2.75, 3.05) is 7.11 Å². The van der Waals surface area contributed by atoms with Gasteiger partial charge in [0.2, 0.25) is 5.82 Å². The molecule has 0 spiro atoms. The fourth-order valence-corrected chi connectivity index (χ4v) is 4.97. The van der Waals surface area contributed by atoms with Crippen molar-refractivity contribution >= 4 is 34.2 Å². The maximum Gasteiger partial charge on any atom is 0.258 e. The molecule has 1 atom stereocenters. The van der Waals surface area contributed by atoms with E-state index in [1.54, 1.807) is 30.6 Å². The minimum absolute atomic E-state index is 0.317. The van der Waals surface area contributed by atoms with Crippen LogP contribution in [0.15, 0.2) is 76.3 Å². The largest absolute Gasteiger partial charge is 0.497 e. The highest BCUT2D eigenvalue weighted by Gasteiger charge is 2.34. The van der Waals surface area contributed by atoms with Crippen LogP contribution in [0, 0.1) is 5.82 Å². The lowest BCUT2D eigenvalue weighted by atomic mass is 9.94. The molecule has 0 bridgehead atoms. The van der Waals surface area contributed by atoms with Crippen molar-refractivity contribution in [1.82, 2.24) is 20.4 Å². The number of halogens is 1. The second-order valence-corrected chi connectivity index (χ2v) is 9.18. The van der Waals surface area contributed by atoms with Gasteiger partial charge in [-0.05, 0) is 60.4 Å². The van der Waals surface area contributed by atoms with Crippen molar-refractivity contribution in [3.8, 4) is 17.1 Å². The molecule has 2 aromatic carbocycles. The summed E-state index contributed by atoms with van der Waals surface area (Å²) in [6.45, 7) is 2.61. The van der Waals surface area contributed by atoms with Gasteiger partial charge in [0.05, 0.1) is 25.3 Å². The maximum absolute atomic E-state index is 13.8. The van der Waals surface area contributed by atoms with Crippen LogP contribution >= 0.6 is 23.6 Å². The zero-order valence-electron chi connectivity index (χ0n) is 18.5. The number of hydrogen-bond acceptors (Lipinski definition) is 6. The second kappa shape index (κ2) is 9.36. The molecule has 9 heteroatoms. The molecule has 0 saturated carbocycles. The summed E-state index contributed by atoms with van der Waals surface area (Å²) in [5.74, 6) is 1.03. The third kappa shape index (κ3) is 4.32. The Labute approximate surface area is 205 Å². The van der Waals surface area contributed by atoms with Crippen molar-refractivity contribution in [3.63, 3.8) is 0 Å². The van der Waals surface area contributed by atoms with Gasteiger partial charge < -0.3 is 19.5 Å². The summed E-state index contributed by atoms with van der Waals surface area (Å²) in [7, 11) is 1.63. The van der Waals surface area contributed by atoms with Gasteiger partial charge in [0.15, 0.2) is 5.11 Å². The van der Waals surface area contributed by atoms with Gasteiger partial charge in [-0.25, -0.2) is 4.39 Å². The molecule has 6 nitrogen and oxygen atoms in total. The number of ether oxygens (including phenoxy) is 1. The quantitative estimate of drug-likeness (QED) is 0.341. The van der Waals surface area contributed by atoms with Gasteiger partial charge in [-0.15, -0.1) is 11.3 Å². The van der Waals surface area contributed by atoms with Crippen LogP contribution in [0.1, 0.15) is 29.3 Å². The average molecular weight is 493 g/mol. The van der Waals surface area contributed by atoms with Crippen LogP contribution in [0.4, 0.5) is 4.39 Å². The number of benzene rings is 2. The smallest absolute Gasteiger partial charge is 0.258 e. The number of allylic oxidation sites excluding steroid dienone is 1. The molecular formula is C25H21FN4O2S2. The fourth-order valence-electron chi connectivity index (χ4n) is 3.96. The van der Waals surface area contributed by atoms with Crippen molar-refractivity contribution < 1.29 is 13.7 Å². The highest BCUT2D eigenvalue weighted by Crippen LogP contribution is 2.39. The van der Waals surface area contributed by atoms with Gasteiger partial charge >= 0.3 is 0 Å². The Kier molecular flexibility index (Phi) is 6.12. The molecule has 0 fully saturated rings. The molecule has 3 heterocycles. The van der Waals surface area contributed by atoms with E-state index >= 15 is 0 Å². The first kappa shape index (κ1) is 22.2. The Morgan fingerprint density at radius 3 is 2.79 bits per heavy atom. The van der Waals surface area contributed by atoms with Crippen LogP contribution in [-0.2, 0) is 6.54 Å². The van der Waals surface area contributed by atoms with Gasteiger partial charge in [0.25, 0.3) is 5.89 Å². The number of hydrogen-bond donors (Lipinski definition) is 1. The van der Waals surface area contributed by atoms with E-state index in [0.717, 1.165) is 22.6 Å². The molecule has 0 radical (unpaired) electrons. The monoisotopic (exact) mass is 492 g/mol. The average Bonchev–Trinajstić information content (AvgIpc) is 3.54. The Morgan fingerprint density at radius 1 is 1.18 bits per heavy atom. The van der Waals surface area contributed by atoms with E-state index in [-0.39, 0.29) is 11.9 Å². The molecule has 1 aliphatic heterocycles. The molecule has 0 amide bonds. The first-order valence-corrected chi connectivity index (χ1v) is 11.9. The molecule has 172 valence electrons. The van der Waals surface area contributed by atoms with Crippen molar-refractivity contribution in [2.45, 2.75) is 19.5 Å². The van der Waals surface area contributed by atoms with E-state index in [0.29, 0.717) is 28.9 Å². The SMILES string of the molecule is COc1cccc(C2NC(=S)N(Cc3cccs3)C(C)=C2c2nc(-c3cccc(F)c3)no2)c1. The van der Waals surface area contributed by atoms with Crippen LogP contribution in [0.3, 0.4) is 0 Å². The van der Waals surface area contributed by atoms with E-state index in [4.69, 9.17) is 21.5 Å². The Morgan fingerprint density at radius 2 is 2.03 bits per heavy atom. The van der Waals surface area contributed by atoms with Crippen LogP contribution in [0.5, 0.6) is 5.75 Å². The zero-order valence-corrected chi connectivity index (χ0v) is 20.1. The number of aromatic nitrogens is 2.